The third-order valence-electron chi connectivity index (χ3n) is 3.92. The Bertz CT molecular complexity index is 738. The predicted molar refractivity (Wildman–Crippen MR) is 86.6 cm³/mol. The third kappa shape index (κ3) is 3.66. The zero-order chi connectivity index (χ0) is 17.3. The van der Waals surface area contributed by atoms with E-state index in [1.54, 1.807) is 10.9 Å². The van der Waals surface area contributed by atoms with E-state index in [0.29, 0.717) is 16.7 Å². The summed E-state index contributed by atoms with van der Waals surface area (Å²) in [5.74, 6) is -0.0630. The lowest BCUT2D eigenvalue weighted by atomic mass is 10.2. The van der Waals surface area contributed by atoms with Crippen molar-refractivity contribution in [1.82, 2.24) is 24.9 Å². The summed E-state index contributed by atoms with van der Waals surface area (Å²) in [6.07, 6.45) is 2.75. The fourth-order valence-corrected chi connectivity index (χ4v) is 3.32. The summed E-state index contributed by atoms with van der Waals surface area (Å²) in [5, 5.41) is 10.8. The van der Waals surface area contributed by atoms with Crippen LogP contribution < -0.4 is 5.32 Å². The van der Waals surface area contributed by atoms with Crippen molar-refractivity contribution in [2.24, 2.45) is 0 Å². The van der Waals surface area contributed by atoms with Gasteiger partial charge >= 0.3 is 0 Å². The second-order valence-corrected chi connectivity index (χ2v) is 6.59. The van der Waals surface area contributed by atoms with Crippen molar-refractivity contribution in [3.05, 3.63) is 33.8 Å². The normalized spacial score (nSPS) is 14.4. The number of hydrogen-bond donors (Lipinski definition) is 1. The Labute approximate surface area is 146 Å². The molecule has 9 heteroatoms. The van der Waals surface area contributed by atoms with Gasteiger partial charge in [-0.2, -0.15) is 10.2 Å². The first kappa shape index (κ1) is 17.1. The lowest BCUT2D eigenvalue weighted by Gasteiger charge is -2.07. The molecular weight excluding hydrogens is 384 g/mol. The molecule has 1 saturated carbocycles. The van der Waals surface area contributed by atoms with Crippen molar-refractivity contribution in [2.45, 2.75) is 51.7 Å². The number of halogens is 3. The van der Waals surface area contributed by atoms with Crippen LogP contribution in [0, 0.1) is 0 Å². The number of nitrogens with one attached hydrogen (secondary N) is 1. The number of aromatic nitrogens is 4. The van der Waals surface area contributed by atoms with Crippen LogP contribution in [0.25, 0.3) is 0 Å². The van der Waals surface area contributed by atoms with Crippen LogP contribution in [0.15, 0.2) is 16.9 Å². The molecule has 0 radical (unpaired) electrons. The van der Waals surface area contributed by atoms with Gasteiger partial charge in [0.15, 0.2) is 0 Å². The summed E-state index contributed by atoms with van der Waals surface area (Å²) >= 11 is 3.21. The molecule has 0 spiro atoms. The van der Waals surface area contributed by atoms with E-state index in [4.69, 9.17) is 0 Å². The Morgan fingerprint density at radius 3 is 2.83 bits per heavy atom. The van der Waals surface area contributed by atoms with Gasteiger partial charge in [0.05, 0.1) is 16.4 Å². The SMILES string of the molecule is CCn1cc(CNC(=O)Cn2nc(C(F)F)c(Br)c2C2CC2)cn1. The van der Waals surface area contributed by atoms with Crippen LogP contribution in [0.1, 0.15) is 49.1 Å². The molecule has 1 amide bonds. The van der Waals surface area contributed by atoms with E-state index in [1.165, 1.54) is 4.68 Å². The highest BCUT2D eigenvalue weighted by Crippen LogP contribution is 2.45. The monoisotopic (exact) mass is 401 g/mol. The maximum Gasteiger partial charge on any atom is 0.283 e. The van der Waals surface area contributed by atoms with Crippen LogP contribution in [-0.2, 0) is 24.4 Å². The highest BCUT2D eigenvalue weighted by Gasteiger charge is 2.34. The first-order valence-corrected chi connectivity index (χ1v) is 8.61. The summed E-state index contributed by atoms with van der Waals surface area (Å²) in [4.78, 5) is 12.1. The van der Waals surface area contributed by atoms with Gasteiger partial charge in [-0.05, 0) is 35.7 Å². The molecule has 0 unspecified atom stereocenters. The van der Waals surface area contributed by atoms with Gasteiger partial charge in [0, 0.05) is 30.8 Å². The minimum Gasteiger partial charge on any atom is -0.350 e. The quantitative estimate of drug-likeness (QED) is 0.775. The Morgan fingerprint density at radius 2 is 2.25 bits per heavy atom. The van der Waals surface area contributed by atoms with Gasteiger partial charge in [0.2, 0.25) is 5.91 Å². The van der Waals surface area contributed by atoms with Gasteiger partial charge in [0.1, 0.15) is 12.2 Å². The molecule has 6 nitrogen and oxygen atoms in total. The van der Waals surface area contributed by atoms with E-state index < -0.39 is 6.43 Å². The fraction of sp³-hybridized carbons (Fsp3) is 0.533. The zero-order valence-corrected chi connectivity index (χ0v) is 14.8. The van der Waals surface area contributed by atoms with E-state index in [9.17, 15) is 13.6 Å². The van der Waals surface area contributed by atoms with Crippen LogP contribution in [-0.4, -0.2) is 25.5 Å². The van der Waals surface area contributed by atoms with Crippen LogP contribution in [0.2, 0.25) is 0 Å². The number of aryl methyl sites for hydroxylation is 1. The lowest BCUT2D eigenvalue weighted by molar-refractivity contribution is -0.122. The van der Waals surface area contributed by atoms with Gasteiger partial charge in [-0.15, -0.1) is 0 Å². The Kier molecular flexibility index (Phi) is 4.98. The second-order valence-electron chi connectivity index (χ2n) is 5.80. The molecule has 3 rings (SSSR count). The molecule has 0 atom stereocenters. The summed E-state index contributed by atoms with van der Waals surface area (Å²) in [5.41, 5.74) is 1.29. The summed E-state index contributed by atoms with van der Waals surface area (Å²) in [6, 6.07) is 0. The van der Waals surface area contributed by atoms with Gasteiger partial charge in [-0.1, -0.05) is 0 Å². The molecular formula is C15H18BrF2N5O. The molecule has 1 aliphatic rings. The summed E-state index contributed by atoms with van der Waals surface area (Å²) in [6.45, 7) is 3.02. The number of alkyl halides is 2. The number of nitrogens with zero attached hydrogens (tertiary/aromatic N) is 4. The average molecular weight is 402 g/mol. The minimum atomic E-state index is -2.67. The third-order valence-corrected chi connectivity index (χ3v) is 4.73. The smallest absolute Gasteiger partial charge is 0.283 e. The van der Waals surface area contributed by atoms with E-state index >= 15 is 0 Å². The molecule has 1 N–H and O–H groups in total. The molecule has 130 valence electrons. The van der Waals surface area contributed by atoms with Crippen molar-refractivity contribution in [3.8, 4) is 0 Å². The minimum absolute atomic E-state index is 0.0704. The van der Waals surface area contributed by atoms with E-state index in [-0.39, 0.29) is 24.1 Å². The molecule has 2 aromatic heterocycles. The molecule has 0 bridgehead atoms. The lowest BCUT2D eigenvalue weighted by Crippen LogP contribution is -2.28. The van der Waals surface area contributed by atoms with E-state index in [0.717, 1.165) is 24.9 Å². The Balaban J connectivity index is 1.66. The van der Waals surface area contributed by atoms with Crippen LogP contribution >= 0.6 is 15.9 Å². The number of hydrogen-bond acceptors (Lipinski definition) is 3. The van der Waals surface area contributed by atoms with Crippen LogP contribution in [0.5, 0.6) is 0 Å². The topological polar surface area (TPSA) is 64.7 Å². The van der Waals surface area contributed by atoms with Gasteiger partial charge in [-0.25, -0.2) is 8.78 Å². The summed E-state index contributed by atoms with van der Waals surface area (Å²) in [7, 11) is 0. The number of rotatable bonds is 7. The van der Waals surface area contributed by atoms with E-state index in [1.807, 2.05) is 13.1 Å². The Hall–Kier alpha value is -1.77. The fourth-order valence-electron chi connectivity index (χ4n) is 2.54. The molecule has 1 fully saturated rings. The highest BCUT2D eigenvalue weighted by molar-refractivity contribution is 9.10. The van der Waals surface area contributed by atoms with Gasteiger partial charge < -0.3 is 5.32 Å². The van der Waals surface area contributed by atoms with Crippen molar-refractivity contribution in [1.29, 1.82) is 0 Å². The largest absolute Gasteiger partial charge is 0.350 e. The van der Waals surface area contributed by atoms with Crippen molar-refractivity contribution in [3.63, 3.8) is 0 Å². The molecule has 2 aromatic rings. The number of amides is 1. The Morgan fingerprint density at radius 1 is 1.50 bits per heavy atom. The first-order valence-electron chi connectivity index (χ1n) is 7.81. The van der Waals surface area contributed by atoms with E-state index in [2.05, 4.69) is 31.4 Å². The predicted octanol–water partition coefficient (Wildman–Crippen LogP) is 2.99. The summed E-state index contributed by atoms with van der Waals surface area (Å²) < 4.78 is 29.6. The highest BCUT2D eigenvalue weighted by atomic mass is 79.9. The van der Waals surface area contributed by atoms with Crippen LogP contribution in [0.3, 0.4) is 0 Å². The first-order chi connectivity index (χ1) is 11.5. The van der Waals surface area contributed by atoms with Crippen molar-refractivity contribution < 1.29 is 13.6 Å². The number of carbonyl (C=O) groups is 1. The molecule has 24 heavy (non-hydrogen) atoms. The molecule has 0 aromatic carbocycles. The van der Waals surface area contributed by atoms with Crippen molar-refractivity contribution >= 4 is 21.8 Å². The zero-order valence-electron chi connectivity index (χ0n) is 13.2. The average Bonchev–Trinajstić information content (AvgIpc) is 3.17. The van der Waals surface area contributed by atoms with Crippen LogP contribution in [0.4, 0.5) is 8.78 Å². The second kappa shape index (κ2) is 7.00. The molecule has 2 heterocycles. The standard InChI is InChI=1S/C15H18BrF2N5O/c1-2-22-7-9(6-20-22)5-19-11(24)8-23-14(10-3-4-10)12(16)13(21-23)15(17)18/h6-7,10,15H,2-5,8H2,1H3,(H,19,24). The molecule has 0 saturated heterocycles. The number of carbonyl (C=O) groups excluding carboxylic acids is 1. The molecule has 1 aliphatic carbocycles. The van der Waals surface area contributed by atoms with Crippen molar-refractivity contribution in [2.75, 3.05) is 0 Å². The maximum atomic E-state index is 13.0. The molecule has 0 aliphatic heterocycles. The maximum absolute atomic E-state index is 13.0. The van der Waals surface area contributed by atoms with Gasteiger partial charge in [0.25, 0.3) is 6.43 Å². The van der Waals surface area contributed by atoms with Gasteiger partial charge in [-0.3, -0.25) is 14.2 Å².